The van der Waals surface area contributed by atoms with Gasteiger partial charge in [0, 0.05) is 24.2 Å². The maximum Gasteiger partial charge on any atom is 0.329 e. The van der Waals surface area contributed by atoms with Gasteiger partial charge in [0.05, 0.1) is 11.1 Å². The number of hydrogen-bond acceptors (Lipinski definition) is 6. The first-order valence-corrected chi connectivity index (χ1v) is 6.54. The van der Waals surface area contributed by atoms with Crippen LogP contribution in [-0.4, -0.2) is 34.6 Å². The van der Waals surface area contributed by atoms with Crippen LogP contribution in [0.5, 0.6) is 5.75 Å². The van der Waals surface area contributed by atoms with Crippen molar-refractivity contribution < 1.29 is 19.6 Å². The third-order valence-corrected chi connectivity index (χ3v) is 2.61. The molecule has 0 fully saturated rings. The SMILES string of the molecule is CCCCNC(=O)C(=O)N/N=C\c1cc([N+](=O)[O-])ccc1O. The molecule has 0 aliphatic rings. The summed E-state index contributed by atoms with van der Waals surface area (Å²) in [5.41, 5.74) is 1.78. The zero-order valence-electron chi connectivity index (χ0n) is 11.9. The number of nitro groups is 1. The molecule has 0 saturated heterocycles. The van der Waals surface area contributed by atoms with Gasteiger partial charge in [-0.2, -0.15) is 5.10 Å². The van der Waals surface area contributed by atoms with Crippen molar-refractivity contribution in [2.75, 3.05) is 6.54 Å². The fourth-order valence-electron chi connectivity index (χ4n) is 1.43. The lowest BCUT2D eigenvalue weighted by Gasteiger charge is -2.02. The summed E-state index contributed by atoms with van der Waals surface area (Å²) in [5.74, 6) is -2.03. The number of nitro benzene ring substituents is 1. The Labute approximate surface area is 126 Å². The number of phenols is 1. The Morgan fingerprint density at radius 1 is 1.41 bits per heavy atom. The van der Waals surface area contributed by atoms with Gasteiger partial charge in [0.15, 0.2) is 0 Å². The number of hydrazone groups is 1. The van der Waals surface area contributed by atoms with Crippen molar-refractivity contribution >= 4 is 23.7 Å². The Hall–Kier alpha value is -2.97. The highest BCUT2D eigenvalue weighted by molar-refractivity contribution is 6.35. The highest BCUT2D eigenvalue weighted by Gasteiger charge is 2.12. The summed E-state index contributed by atoms with van der Waals surface area (Å²) in [6, 6.07) is 3.36. The third kappa shape index (κ3) is 5.19. The van der Waals surface area contributed by atoms with Crippen molar-refractivity contribution in [2.45, 2.75) is 19.8 Å². The van der Waals surface area contributed by atoms with E-state index in [1.165, 1.54) is 0 Å². The first-order valence-electron chi connectivity index (χ1n) is 6.54. The van der Waals surface area contributed by atoms with Gasteiger partial charge >= 0.3 is 11.8 Å². The van der Waals surface area contributed by atoms with Crippen LogP contribution in [0.3, 0.4) is 0 Å². The van der Waals surface area contributed by atoms with E-state index in [0.29, 0.717) is 6.54 Å². The number of unbranched alkanes of at least 4 members (excludes halogenated alkanes) is 1. The van der Waals surface area contributed by atoms with Gasteiger partial charge < -0.3 is 10.4 Å². The average molecular weight is 308 g/mol. The number of phenolic OH excluding ortho intramolecular Hbond substituents is 1. The largest absolute Gasteiger partial charge is 0.507 e. The number of amides is 2. The monoisotopic (exact) mass is 308 g/mol. The van der Waals surface area contributed by atoms with Gasteiger partial charge in [-0.05, 0) is 12.5 Å². The number of carbonyl (C=O) groups excluding carboxylic acids is 2. The van der Waals surface area contributed by atoms with E-state index in [9.17, 15) is 24.8 Å². The first kappa shape index (κ1) is 17.1. The van der Waals surface area contributed by atoms with E-state index in [4.69, 9.17) is 0 Å². The molecule has 0 unspecified atom stereocenters. The van der Waals surface area contributed by atoms with E-state index < -0.39 is 16.7 Å². The number of rotatable bonds is 6. The number of benzene rings is 1. The van der Waals surface area contributed by atoms with E-state index in [1.54, 1.807) is 0 Å². The number of aromatic hydroxyl groups is 1. The maximum absolute atomic E-state index is 11.4. The van der Waals surface area contributed by atoms with Gasteiger partial charge in [-0.15, -0.1) is 0 Å². The standard InChI is InChI=1S/C13H16N4O5/c1-2-3-6-14-12(19)13(20)16-15-8-9-7-10(17(21)22)4-5-11(9)18/h4-5,7-8,18H,2-3,6H2,1H3,(H,14,19)(H,16,20)/b15-8-. The van der Waals surface area contributed by atoms with Crippen LogP contribution in [0.15, 0.2) is 23.3 Å². The van der Waals surface area contributed by atoms with Crippen molar-refractivity contribution in [3.05, 3.63) is 33.9 Å². The summed E-state index contributed by atoms with van der Waals surface area (Å²) in [6.07, 6.45) is 2.65. The Kier molecular flexibility index (Phi) is 6.48. The lowest BCUT2D eigenvalue weighted by molar-refractivity contribution is -0.384. The summed E-state index contributed by atoms with van der Waals surface area (Å²) >= 11 is 0. The second kappa shape index (κ2) is 8.35. The molecule has 0 aliphatic heterocycles. The molecule has 0 bridgehead atoms. The number of nitrogens with zero attached hydrogens (tertiary/aromatic N) is 2. The predicted octanol–water partition coefficient (Wildman–Crippen LogP) is 0.667. The minimum atomic E-state index is -0.961. The quantitative estimate of drug-likeness (QED) is 0.233. The molecule has 0 saturated carbocycles. The Bertz CT molecular complexity index is 600. The van der Waals surface area contributed by atoms with Gasteiger partial charge in [0.1, 0.15) is 5.75 Å². The van der Waals surface area contributed by atoms with Crippen molar-refractivity contribution in [3.8, 4) is 5.75 Å². The molecule has 3 N–H and O–H groups in total. The molecule has 0 aromatic heterocycles. The maximum atomic E-state index is 11.4. The zero-order valence-corrected chi connectivity index (χ0v) is 11.9. The molecule has 1 aromatic rings. The number of hydrogen-bond donors (Lipinski definition) is 3. The Balaban J connectivity index is 2.62. The molecule has 118 valence electrons. The zero-order chi connectivity index (χ0) is 16.5. The highest BCUT2D eigenvalue weighted by atomic mass is 16.6. The van der Waals surface area contributed by atoms with E-state index in [2.05, 4.69) is 10.4 Å². The van der Waals surface area contributed by atoms with E-state index in [-0.39, 0.29) is 17.0 Å². The number of nitrogens with one attached hydrogen (secondary N) is 2. The van der Waals surface area contributed by atoms with Gasteiger partial charge in [0.25, 0.3) is 5.69 Å². The van der Waals surface area contributed by atoms with Crippen molar-refractivity contribution in [3.63, 3.8) is 0 Å². The Morgan fingerprint density at radius 3 is 2.77 bits per heavy atom. The normalized spacial score (nSPS) is 10.4. The molecule has 0 radical (unpaired) electrons. The van der Waals surface area contributed by atoms with Crippen LogP contribution < -0.4 is 10.7 Å². The van der Waals surface area contributed by atoms with Gasteiger partial charge in [0.2, 0.25) is 0 Å². The fourth-order valence-corrected chi connectivity index (χ4v) is 1.43. The number of non-ortho nitro benzene ring substituents is 1. The second-order valence-corrected chi connectivity index (χ2v) is 4.31. The molecule has 0 spiro atoms. The first-order chi connectivity index (χ1) is 10.5. The molecule has 0 aliphatic carbocycles. The van der Waals surface area contributed by atoms with Gasteiger partial charge in [-0.25, -0.2) is 5.43 Å². The molecule has 1 aromatic carbocycles. The van der Waals surface area contributed by atoms with Gasteiger partial charge in [-0.3, -0.25) is 19.7 Å². The van der Waals surface area contributed by atoms with Crippen LogP contribution in [0.1, 0.15) is 25.3 Å². The van der Waals surface area contributed by atoms with Gasteiger partial charge in [-0.1, -0.05) is 13.3 Å². The molecule has 1 rings (SSSR count). The van der Waals surface area contributed by atoms with Crippen molar-refractivity contribution in [2.24, 2.45) is 5.10 Å². The van der Waals surface area contributed by atoms with Crippen LogP contribution in [0.4, 0.5) is 5.69 Å². The summed E-state index contributed by atoms with van der Waals surface area (Å²) in [4.78, 5) is 32.7. The Morgan fingerprint density at radius 2 is 2.14 bits per heavy atom. The highest BCUT2D eigenvalue weighted by Crippen LogP contribution is 2.21. The summed E-state index contributed by atoms with van der Waals surface area (Å²) < 4.78 is 0. The second-order valence-electron chi connectivity index (χ2n) is 4.31. The lowest BCUT2D eigenvalue weighted by Crippen LogP contribution is -2.38. The molecule has 0 atom stereocenters. The third-order valence-electron chi connectivity index (χ3n) is 2.61. The molecular formula is C13H16N4O5. The predicted molar refractivity (Wildman–Crippen MR) is 78.4 cm³/mol. The van der Waals surface area contributed by atoms with Crippen LogP contribution in [0.25, 0.3) is 0 Å². The fraction of sp³-hybridized carbons (Fsp3) is 0.308. The smallest absolute Gasteiger partial charge is 0.329 e. The van der Waals surface area contributed by atoms with Crippen molar-refractivity contribution in [1.82, 2.24) is 10.7 Å². The van der Waals surface area contributed by atoms with Crippen LogP contribution in [0.2, 0.25) is 0 Å². The van der Waals surface area contributed by atoms with E-state index >= 15 is 0 Å². The average Bonchev–Trinajstić information content (AvgIpc) is 2.48. The minimum Gasteiger partial charge on any atom is -0.507 e. The lowest BCUT2D eigenvalue weighted by atomic mass is 10.2. The molecule has 0 heterocycles. The summed E-state index contributed by atoms with van der Waals surface area (Å²) in [7, 11) is 0. The topological polar surface area (TPSA) is 134 Å². The molecule has 9 nitrogen and oxygen atoms in total. The number of carbonyl (C=O) groups is 2. The summed E-state index contributed by atoms with van der Waals surface area (Å²) in [6.45, 7) is 2.33. The van der Waals surface area contributed by atoms with E-state index in [1.807, 2.05) is 12.3 Å². The molecule has 22 heavy (non-hydrogen) atoms. The van der Waals surface area contributed by atoms with Crippen molar-refractivity contribution in [1.29, 1.82) is 0 Å². The van der Waals surface area contributed by atoms with Crippen LogP contribution >= 0.6 is 0 Å². The molecule has 9 heteroatoms. The minimum absolute atomic E-state index is 0.0425. The van der Waals surface area contributed by atoms with Crippen LogP contribution in [0, 0.1) is 10.1 Å². The summed E-state index contributed by atoms with van der Waals surface area (Å²) in [5, 5.41) is 26.0. The molecular weight excluding hydrogens is 292 g/mol. The van der Waals surface area contributed by atoms with E-state index in [0.717, 1.165) is 37.3 Å². The van der Waals surface area contributed by atoms with Crippen LogP contribution in [-0.2, 0) is 9.59 Å². The molecule has 2 amide bonds.